The van der Waals surface area contributed by atoms with Crippen LogP contribution < -0.4 is 0 Å². The molecule has 100 valence electrons. The van der Waals surface area contributed by atoms with Crippen molar-refractivity contribution in [3.8, 4) is 0 Å². The van der Waals surface area contributed by atoms with Crippen LogP contribution in [0.4, 0.5) is 0 Å². The second-order valence-electron chi connectivity index (χ2n) is 6.29. The van der Waals surface area contributed by atoms with Gasteiger partial charge in [-0.05, 0) is 65.8 Å². The third-order valence-corrected chi connectivity index (χ3v) is 5.04. The van der Waals surface area contributed by atoms with Gasteiger partial charge < -0.3 is 0 Å². The van der Waals surface area contributed by atoms with E-state index in [4.69, 9.17) is 0 Å². The predicted molar refractivity (Wildman–Crippen MR) is 85.8 cm³/mol. The highest BCUT2D eigenvalue weighted by atomic mass is 14.4. The van der Waals surface area contributed by atoms with Crippen LogP contribution in [0.1, 0.15) is 60.3 Å². The van der Waals surface area contributed by atoms with Crippen LogP contribution in [-0.4, -0.2) is 0 Å². The highest BCUT2D eigenvalue weighted by Crippen LogP contribution is 2.53. The minimum Gasteiger partial charge on any atom is -0.0622 e. The van der Waals surface area contributed by atoms with Gasteiger partial charge >= 0.3 is 0 Å². The molecule has 2 atom stereocenters. The monoisotopic (exact) mass is 260 g/mol. The summed E-state index contributed by atoms with van der Waals surface area (Å²) in [5.74, 6) is 1.71. The molecule has 0 unspecified atom stereocenters. The van der Waals surface area contributed by atoms with Crippen molar-refractivity contribution in [2.75, 3.05) is 0 Å². The smallest absolute Gasteiger partial charge is 0.0153 e. The van der Waals surface area contributed by atoms with E-state index in [0.717, 1.165) is 11.8 Å². The molecule has 0 N–H and O–H groups in total. The van der Waals surface area contributed by atoms with E-state index in [1.54, 1.807) is 11.1 Å². The number of allylic oxidation sites excluding steroid dienone is 1. The molecule has 0 radical (unpaired) electrons. The largest absolute Gasteiger partial charge is 0.0622 e. The van der Waals surface area contributed by atoms with Gasteiger partial charge in [-0.2, -0.15) is 0 Å². The quantitative estimate of drug-likeness (QED) is 0.615. The van der Waals surface area contributed by atoms with Crippen LogP contribution in [0.2, 0.25) is 0 Å². The summed E-state index contributed by atoms with van der Waals surface area (Å²) in [6.07, 6.45) is 6.51. The van der Waals surface area contributed by atoms with Crippen LogP contribution in [0, 0.1) is 0 Å². The lowest BCUT2D eigenvalue weighted by Crippen LogP contribution is -1.98. The summed E-state index contributed by atoms with van der Waals surface area (Å²) >= 11 is 0. The van der Waals surface area contributed by atoms with Gasteiger partial charge in [0.25, 0.3) is 0 Å². The van der Waals surface area contributed by atoms with Crippen molar-refractivity contribution in [3.05, 3.63) is 70.8 Å². The number of fused-ring (bicyclic) bond motifs is 5. The molecule has 2 aliphatic carbocycles. The summed E-state index contributed by atoms with van der Waals surface area (Å²) in [6.45, 7) is 2.22. The molecule has 20 heavy (non-hydrogen) atoms. The molecule has 0 amide bonds. The third-order valence-electron chi connectivity index (χ3n) is 5.04. The zero-order valence-corrected chi connectivity index (χ0v) is 12.0. The normalized spacial score (nSPS) is 23.9. The Morgan fingerprint density at radius 2 is 1.70 bits per heavy atom. The number of rotatable bonds is 2. The maximum atomic E-state index is 2.45. The molecule has 0 saturated heterocycles. The molecule has 1 saturated carbocycles. The van der Waals surface area contributed by atoms with Crippen molar-refractivity contribution in [2.24, 2.45) is 0 Å². The molecule has 2 bridgehead atoms. The van der Waals surface area contributed by atoms with E-state index in [-0.39, 0.29) is 0 Å². The summed E-state index contributed by atoms with van der Waals surface area (Å²) in [5.41, 5.74) is 7.31. The Hall–Kier alpha value is -1.82. The lowest BCUT2D eigenvalue weighted by atomic mass is 9.89. The fraction of sp³-hybridized carbons (Fsp3) is 0.300. The van der Waals surface area contributed by atoms with Crippen LogP contribution in [-0.2, 0) is 0 Å². The summed E-state index contributed by atoms with van der Waals surface area (Å²) in [6, 6.07) is 17.7. The lowest BCUT2D eigenvalue weighted by molar-refractivity contribution is 0.717. The van der Waals surface area contributed by atoms with Gasteiger partial charge in [0.2, 0.25) is 0 Å². The Kier molecular flexibility index (Phi) is 2.77. The van der Waals surface area contributed by atoms with E-state index < -0.39 is 0 Å². The molecule has 0 aliphatic heterocycles. The Morgan fingerprint density at radius 3 is 2.50 bits per heavy atom. The fourth-order valence-electron chi connectivity index (χ4n) is 3.97. The van der Waals surface area contributed by atoms with E-state index in [9.17, 15) is 0 Å². The van der Waals surface area contributed by atoms with Crippen molar-refractivity contribution in [3.63, 3.8) is 0 Å². The first-order valence-corrected chi connectivity index (χ1v) is 7.69. The molecule has 4 rings (SSSR count). The van der Waals surface area contributed by atoms with Gasteiger partial charge in [0.15, 0.2) is 0 Å². The summed E-state index contributed by atoms with van der Waals surface area (Å²) < 4.78 is 0. The minimum absolute atomic E-state index is 0.847. The Bertz CT molecular complexity index is 664. The SMILES string of the molecule is CC(=Cc1ccccc1)c1ccc2c(c1)[C@H]1CC[C@H]2C1. The van der Waals surface area contributed by atoms with E-state index in [0.29, 0.717) is 0 Å². The fourth-order valence-corrected chi connectivity index (χ4v) is 3.97. The zero-order chi connectivity index (χ0) is 13.5. The molecule has 0 nitrogen and oxygen atoms in total. The van der Waals surface area contributed by atoms with Crippen LogP contribution in [0.15, 0.2) is 48.5 Å². The lowest BCUT2D eigenvalue weighted by Gasteiger charge is -2.16. The Balaban J connectivity index is 1.70. The van der Waals surface area contributed by atoms with Crippen LogP contribution in [0.25, 0.3) is 11.6 Å². The second-order valence-corrected chi connectivity index (χ2v) is 6.29. The number of benzene rings is 2. The van der Waals surface area contributed by atoms with Gasteiger partial charge in [-0.1, -0.05) is 54.6 Å². The summed E-state index contributed by atoms with van der Waals surface area (Å²) in [4.78, 5) is 0. The number of hydrogen-bond acceptors (Lipinski definition) is 0. The first kappa shape index (κ1) is 12.0. The molecule has 2 aromatic rings. The Labute approximate surface area is 121 Å². The predicted octanol–water partition coefficient (Wildman–Crippen LogP) is 5.61. The highest BCUT2D eigenvalue weighted by molar-refractivity contribution is 5.80. The van der Waals surface area contributed by atoms with Gasteiger partial charge in [-0.25, -0.2) is 0 Å². The molecule has 0 spiro atoms. The first-order valence-electron chi connectivity index (χ1n) is 7.69. The molecule has 0 aromatic heterocycles. The van der Waals surface area contributed by atoms with Gasteiger partial charge in [0.05, 0.1) is 0 Å². The van der Waals surface area contributed by atoms with E-state index >= 15 is 0 Å². The average Bonchev–Trinajstić information content (AvgIpc) is 3.10. The van der Waals surface area contributed by atoms with E-state index in [2.05, 4.69) is 61.5 Å². The molecular weight excluding hydrogens is 240 g/mol. The molecule has 1 fully saturated rings. The molecule has 2 aromatic carbocycles. The topological polar surface area (TPSA) is 0 Å². The highest BCUT2D eigenvalue weighted by Gasteiger charge is 2.36. The van der Waals surface area contributed by atoms with E-state index in [1.807, 2.05) is 0 Å². The van der Waals surface area contributed by atoms with Gasteiger partial charge in [0, 0.05) is 0 Å². The molecule has 0 heteroatoms. The van der Waals surface area contributed by atoms with Crippen LogP contribution in [0.3, 0.4) is 0 Å². The third kappa shape index (κ3) is 1.91. The average molecular weight is 260 g/mol. The maximum absolute atomic E-state index is 2.45. The van der Waals surface area contributed by atoms with Crippen molar-refractivity contribution in [1.82, 2.24) is 0 Å². The zero-order valence-electron chi connectivity index (χ0n) is 12.0. The molecular formula is C20H20. The van der Waals surface area contributed by atoms with Gasteiger partial charge in [-0.15, -0.1) is 0 Å². The van der Waals surface area contributed by atoms with Crippen LogP contribution >= 0.6 is 0 Å². The first-order chi connectivity index (χ1) is 9.81. The van der Waals surface area contributed by atoms with Crippen LogP contribution in [0.5, 0.6) is 0 Å². The Morgan fingerprint density at radius 1 is 0.950 bits per heavy atom. The van der Waals surface area contributed by atoms with Crippen molar-refractivity contribution in [1.29, 1.82) is 0 Å². The molecule has 2 aliphatic rings. The minimum atomic E-state index is 0.847. The maximum Gasteiger partial charge on any atom is -0.0153 e. The van der Waals surface area contributed by atoms with Gasteiger partial charge in [0.1, 0.15) is 0 Å². The van der Waals surface area contributed by atoms with Crippen molar-refractivity contribution < 1.29 is 0 Å². The number of hydrogen-bond donors (Lipinski definition) is 0. The second kappa shape index (κ2) is 4.63. The van der Waals surface area contributed by atoms with Gasteiger partial charge in [-0.3, -0.25) is 0 Å². The standard InChI is InChI=1S/C20H20/c1-14(11-15-5-3-2-4-6-15)16-9-10-19-17-7-8-18(12-17)20(19)13-16/h2-6,9-11,13,17-18H,7-8,12H2,1H3/t17-,18-/m0/s1. The summed E-state index contributed by atoms with van der Waals surface area (Å²) in [5, 5.41) is 0. The van der Waals surface area contributed by atoms with Crippen molar-refractivity contribution in [2.45, 2.75) is 38.0 Å². The molecule has 0 heterocycles. The van der Waals surface area contributed by atoms with E-state index in [1.165, 1.54) is 36.0 Å². The van der Waals surface area contributed by atoms with Crippen molar-refractivity contribution >= 4 is 11.6 Å². The summed E-state index contributed by atoms with van der Waals surface area (Å²) in [7, 11) is 0.